The molecule has 150 valence electrons. The molecule has 3 aromatic carbocycles. The van der Waals surface area contributed by atoms with Gasteiger partial charge in [-0.15, -0.1) is 0 Å². The van der Waals surface area contributed by atoms with Gasteiger partial charge in [-0.1, -0.05) is 72.9 Å². The summed E-state index contributed by atoms with van der Waals surface area (Å²) in [6.07, 6.45) is 0. The third-order valence-corrected chi connectivity index (χ3v) is 5.39. The molecule has 0 N–H and O–H groups in total. The van der Waals surface area contributed by atoms with Crippen molar-refractivity contribution < 1.29 is 0 Å². The van der Waals surface area contributed by atoms with Crippen LogP contribution in [0.2, 0.25) is 0 Å². The smallest absolute Gasteiger partial charge is 0.0172 e. The molecule has 0 saturated heterocycles. The lowest BCUT2D eigenvalue weighted by Gasteiger charge is -2.12. The van der Waals surface area contributed by atoms with Gasteiger partial charge < -0.3 is 0 Å². The Morgan fingerprint density at radius 3 is 0.833 bits per heavy atom. The highest BCUT2D eigenvalue weighted by atomic mass is 14.1. The number of hydrogen-bond acceptors (Lipinski definition) is 0. The number of allylic oxidation sites excluding steroid dienone is 4. The van der Waals surface area contributed by atoms with E-state index in [1.54, 1.807) is 0 Å². The van der Waals surface area contributed by atoms with Gasteiger partial charge in [-0.05, 0) is 109 Å². The first-order valence-electron chi connectivity index (χ1n) is 10.2. The van der Waals surface area contributed by atoms with E-state index in [2.05, 4.69) is 87.0 Å². The zero-order valence-electron chi connectivity index (χ0n) is 18.6. The highest BCUT2D eigenvalue weighted by molar-refractivity contribution is 5.80. The maximum absolute atomic E-state index is 4.12. The van der Waals surface area contributed by atoms with E-state index >= 15 is 0 Å². The SMILES string of the molecule is C=C(C)c1cc(C(=C)C)cc(-c2ccc(-c3cc(C(=C)C)cc(C(=C)C)c3)cc2)c1. The zero-order valence-corrected chi connectivity index (χ0v) is 18.6. The Kier molecular flexibility index (Phi) is 6.08. The molecule has 0 amide bonds. The van der Waals surface area contributed by atoms with E-state index in [4.69, 9.17) is 0 Å². The molecule has 0 spiro atoms. The highest BCUT2D eigenvalue weighted by Gasteiger charge is 2.08. The van der Waals surface area contributed by atoms with Crippen molar-refractivity contribution in [1.29, 1.82) is 0 Å². The van der Waals surface area contributed by atoms with Gasteiger partial charge >= 0.3 is 0 Å². The van der Waals surface area contributed by atoms with E-state index in [-0.39, 0.29) is 0 Å². The summed E-state index contributed by atoms with van der Waals surface area (Å²) in [5, 5.41) is 0. The first-order valence-corrected chi connectivity index (χ1v) is 10.2. The van der Waals surface area contributed by atoms with Gasteiger partial charge in [0.15, 0.2) is 0 Å². The highest BCUT2D eigenvalue weighted by Crippen LogP contribution is 2.32. The topological polar surface area (TPSA) is 0 Å². The van der Waals surface area contributed by atoms with Gasteiger partial charge in [0.1, 0.15) is 0 Å². The van der Waals surface area contributed by atoms with Crippen LogP contribution in [0.15, 0.2) is 87.0 Å². The summed E-state index contributed by atoms with van der Waals surface area (Å²) in [5.41, 5.74) is 13.5. The quantitative estimate of drug-likeness (QED) is 0.393. The minimum Gasteiger partial charge on any atom is -0.0955 e. The fourth-order valence-electron chi connectivity index (χ4n) is 3.43. The Balaban J connectivity index is 2.06. The van der Waals surface area contributed by atoms with Crippen molar-refractivity contribution in [1.82, 2.24) is 0 Å². The van der Waals surface area contributed by atoms with Crippen molar-refractivity contribution in [2.75, 3.05) is 0 Å². The molecular formula is C30H30. The molecule has 0 nitrogen and oxygen atoms in total. The van der Waals surface area contributed by atoms with Gasteiger partial charge in [0.2, 0.25) is 0 Å². The van der Waals surface area contributed by atoms with Gasteiger partial charge in [-0.25, -0.2) is 0 Å². The van der Waals surface area contributed by atoms with Crippen LogP contribution in [-0.4, -0.2) is 0 Å². The predicted octanol–water partition coefficient (Wildman–Crippen LogP) is 9.15. The maximum atomic E-state index is 4.12. The molecular weight excluding hydrogens is 360 g/mol. The van der Waals surface area contributed by atoms with Crippen molar-refractivity contribution >= 4 is 22.3 Å². The van der Waals surface area contributed by atoms with Gasteiger partial charge in [0.05, 0.1) is 0 Å². The molecule has 3 aromatic rings. The average molecular weight is 391 g/mol. The summed E-state index contributed by atoms with van der Waals surface area (Å²) in [4.78, 5) is 0. The van der Waals surface area contributed by atoms with E-state index in [0.717, 1.165) is 44.5 Å². The average Bonchev–Trinajstić information content (AvgIpc) is 2.73. The molecule has 30 heavy (non-hydrogen) atoms. The molecule has 0 heteroatoms. The molecule has 0 aromatic heterocycles. The van der Waals surface area contributed by atoms with Crippen LogP contribution in [0.5, 0.6) is 0 Å². The van der Waals surface area contributed by atoms with E-state index in [1.807, 2.05) is 27.7 Å². The van der Waals surface area contributed by atoms with Gasteiger partial charge in [-0.2, -0.15) is 0 Å². The molecule has 0 radical (unpaired) electrons. The first-order chi connectivity index (χ1) is 14.2. The van der Waals surface area contributed by atoms with Gasteiger partial charge in [-0.3, -0.25) is 0 Å². The largest absolute Gasteiger partial charge is 0.0955 e. The predicted molar refractivity (Wildman–Crippen MR) is 136 cm³/mol. The van der Waals surface area contributed by atoms with Gasteiger partial charge in [0.25, 0.3) is 0 Å². The summed E-state index contributed by atoms with van der Waals surface area (Å²) < 4.78 is 0. The standard InChI is InChI=1S/C30H30/c1-19(2)25-13-26(20(3)4)16-29(15-25)23-9-11-24(12-10-23)30-17-27(21(5)6)14-28(18-30)22(7)8/h9-18H,1,3,5,7H2,2,4,6,8H3. The van der Waals surface area contributed by atoms with Crippen LogP contribution in [0.4, 0.5) is 0 Å². The molecule has 0 fully saturated rings. The molecule has 0 aliphatic rings. The van der Waals surface area contributed by atoms with Crippen molar-refractivity contribution in [3.05, 3.63) is 109 Å². The van der Waals surface area contributed by atoms with Crippen LogP contribution in [-0.2, 0) is 0 Å². The molecule has 0 heterocycles. The van der Waals surface area contributed by atoms with Crippen molar-refractivity contribution in [3.63, 3.8) is 0 Å². The molecule has 0 aliphatic carbocycles. The molecule has 0 atom stereocenters. The van der Waals surface area contributed by atoms with E-state index < -0.39 is 0 Å². The van der Waals surface area contributed by atoms with Crippen LogP contribution in [0.3, 0.4) is 0 Å². The minimum atomic E-state index is 1.06. The lowest BCUT2D eigenvalue weighted by Crippen LogP contribution is -1.89. The third kappa shape index (κ3) is 4.60. The second-order valence-electron chi connectivity index (χ2n) is 8.30. The lowest BCUT2D eigenvalue weighted by molar-refractivity contribution is 1.49. The first kappa shape index (κ1) is 21.3. The van der Waals surface area contributed by atoms with Crippen LogP contribution >= 0.6 is 0 Å². The summed E-state index contributed by atoms with van der Waals surface area (Å²) in [5.74, 6) is 0. The second kappa shape index (κ2) is 8.55. The van der Waals surface area contributed by atoms with Crippen LogP contribution in [0, 0.1) is 0 Å². The Morgan fingerprint density at radius 1 is 0.400 bits per heavy atom. The van der Waals surface area contributed by atoms with Crippen molar-refractivity contribution in [3.8, 4) is 22.3 Å². The van der Waals surface area contributed by atoms with Crippen LogP contribution in [0.25, 0.3) is 44.5 Å². The number of rotatable bonds is 6. The van der Waals surface area contributed by atoms with Gasteiger partial charge in [0, 0.05) is 0 Å². The second-order valence-corrected chi connectivity index (χ2v) is 8.30. The maximum Gasteiger partial charge on any atom is -0.0172 e. The Hall–Kier alpha value is -3.38. The molecule has 0 bridgehead atoms. The molecule has 0 unspecified atom stereocenters. The third-order valence-electron chi connectivity index (χ3n) is 5.39. The van der Waals surface area contributed by atoms with Crippen molar-refractivity contribution in [2.45, 2.75) is 27.7 Å². The normalized spacial score (nSPS) is 10.5. The van der Waals surface area contributed by atoms with Crippen molar-refractivity contribution in [2.24, 2.45) is 0 Å². The van der Waals surface area contributed by atoms with Crippen LogP contribution < -0.4 is 0 Å². The molecule has 0 saturated carbocycles. The Morgan fingerprint density at radius 2 is 0.633 bits per heavy atom. The lowest BCUT2D eigenvalue weighted by atomic mass is 9.92. The fourth-order valence-corrected chi connectivity index (χ4v) is 3.43. The van der Waals surface area contributed by atoms with E-state index in [9.17, 15) is 0 Å². The summed E-state index contributed by atoms with van der Waals surface area (Å²) in [6.45, 7) is 24.6. The molecule has 3 rings (SSSR count). The summed E-state index contributed by atoms with van der Waals surface area (Å²) in [7, 11) is 0. The Bertz CT molecular complexity index is 1010. The summed E-state index contributed by atoms with van der Waals surface area (Å²) >= 11 is 0. The summed E-state index contributed by atoms with van der Waals surface area (Å²) in [6, 6.07) is 21.8. The molecule has 0 aliphatic heterocycles. The number of benzene rings is 3. The Labute approximate surface area is 181 Å². The number of hydrogen-bond donors (Lipinski definition) is 0. The van der Waals surface area contributed by atoms with Crippen LogP contribution in [0.1, 0.15) is 49.9 Å². The minimum absolute atomic E-state index is 1.06. The van der Waals surface area contributed by atoms with E-state index in [1.165, 1.54) is 22.3 Å². The zero-order chi connectivity index (χ0) is 22.0. The monoisotopic (exact) mass is 390 g/mol. The fraction of sp³-hybridized carbons (Fsp3) is 0.133. The van der Waals surface area contributed by atoms with E-state index in [0.29, 0.717) is 0 Å².